The van der Waals surface area contributed by atoms with E-state index in [0.717, 1.165) is 23.0 Å². The molecule has 19 heavy (non-hydrogen) atoms. The van der Waals surface area contributed by atoms with E-state index in [1.807, 2.05) is 12.1 Å². The highest BCUT2D eigenvalue weighted by molar-refractivity contribution is 9.10. The van der Waals surface area contributed by atoms with Crippen LogP contribution in [0, 0.1) is 0 Å². The Kier molecular flexibility index (Phi) is 5.34. The number of halogens is 1. The summed E-state index contributed by atoms with van der Waals surface area (Å²) in [5.41, 5.74) is 0.985. The molecule has 0 N–H and O–H groups in total. The van der Waals surface area contributed by atoms with Crippen molar-refractivity contribution in [2.75, 3.05) is 13.7 Å². The molecule has 1 aliphatic rings. The number of hydrogen-bond donors (Lipinski definition) is 0. The van der Waals surface area contributed by atoms with Gasteiger partial charge in [-0.3, -0.25) is 14.7 Å². The third-order valence-electron chi connectivity index (χ3n) is 3.55. The molecule has 2 rings (SSSR count). The number of hydrogen-bond acceptors (Lipinski definition) is 4. The van der Waals surface area contributed by atoms with Crippen LogP contribution in [0.4, 0.5) is 0 Å². The molecule has 1 heterocycles. The molecule has 0 atom stereocenters. The van der Waals surface area contributed by atoms with Crippen molar-refractivity contribution in [2.45, 2.75) is 38.3 Å². The van der Waals surface area contributed by atoms with E-state index in [4.69, 9.17) is 4.74 Å². The molecule has 0 spiro atoms. The van der Waals surface area contributed by atoms with Crippen LogP contribution < -0.4 is 0 Å². The minimum Gasteiger partial charge on any atom is -0.468 e. The fraction of sp³-hybridized carbons (Fsp3) is 0.571. The van der Waals surface area contributed by atoms with Crippen molar-refractivity contribution in [3.05, 3.63) is 28.5 Å². The standard InChI is InChI=1S/C14H19BrN2O2/c1-19-14(18)10-17(13-4-2-3-5-13)9-12-7-6-11(15)8-16-12/h6-8,13H,2-5,9-10H2,1H3. The molecule has 0 aromatic carbocycles. The van der Waals surface area contributed by atoms with Gasteiger partial charge in [-0.2, -0.15) is 0 Å². The second-order valence-corrected chi connectivity index (χ2v) is 5.80. The van der Waals surface area contributed by atoms with Gasteiger partial charge in [-0.05, 0) is 40.9 Å². The van der Waals surface area contributed by atoms with Gasteiger partial charge in [0.15, 0.2) is 0 Å². The Labute approximate surface area is 122 Å². The van der Waals surface area contributed by atoms with E-state index in [1.54, 1.807) is 6.20 Å². The van der Waals surface area contributed by atoms with Crippen LogP contribution in [0.3, 0.4) is 0 Å². The van der Waals surface area contributed by atoms with E-state index in [0.29, 0.717) is 19.1 Å². The number of aromatic nitrogens is 1. The second kappa shape index (κ2) is 7.01. The molecule has 1 aliphatic carbocycles. The molecule has 1 aromatic rings. The molecule has 1 aromatic heterocycles. The van der Waals surface area contributed by atoms with E-state index >= 15 is 0 Å². The quantitative estimate of drug-likeness (QED) is 0.780. The number of nitrogens with zero attached hydrogens (tertiary/aromatic N) is 2. The molecule has 0 saturated heterocycles. The molecule has 0 amide bonds. The molecule has 1 fully saturated rings. The Hall–Kier alpha value is -0.940. The molecule has 104 valence electrons. The molecular weight excluding hydrogens is 308 g/mol. The average Bonchev–Trinajstić information content (AvgIpc) is 2.94. The number of carbonyl (C=O) groups excluding carboxylic acids is 1. The molecule has 0 bridgehead atoms. The highest BCUT2D eigenvalue weighted by Crippen LogP contribution is 2.24. The summed E-state index contributed by atoms with van der Waals surface area (Å²) in [6.07, 6.45) is 6.60. The van der Waals surface area contributed by atoms with Crippen molar-refractivity contribution in [3.8, 4) is 0 Å². The van der Waals surface area contributed by atoms with Gasteiger partial charge in [-0.25, -0.2) is 0 Å². The maximum atomic E-state index is 11.5. The smallest absolute Gasteiger partial charge is 0.319 e. The lowest BCUT2D eigenvalue weighted by Crippen LogP contribution is -2.37. The molecule has 0 aliphatic heterocycles. The van der Waals surface area contributed by atoms with Gasteiger partial charge in [0.2, 0.25) is 0 Å². The molecule has 5 heteroatoms. The molecule has 4 nitrogen and oxygen atoms in total. The van der Waals surface area contributed by atoms with Gasteiger partial charge < -0.3 is 4.74 Å². The number of methoxy groups -OCH3 is 1. The number of esters is 1. The van der Waals surface area contributed by atoms with Crippen LogP contribution in [0.2, 0.25) is 0 Å². The Morgan fingerprint density at radius 1 is 1.47 bits per heavy atom. The number of rotatable bonds is 5. The zero-order valence-electron chi connectivity index (χ0n) is 11.1. The number of ether oxygens (including phenoxy) is 1. The van der Waals surface area contributed by atoms with Gasteiger partial charge >= 0.3 is 5.97 Å². The fourth-order valence-electron chi connectivity index (χ4n) is 2.52. The molecule has 0 unspecified atom stereocenters. The Balaban J connectivity index is 2.03. The minimum atomic E-state index is -0.177. The lowest BCUT2D eigenvalue weighted by molar-refractivity contribution is -0.142. The summed E-state index contributed by atoms with van der Waals surface area (Å²) in [5, 5.41) is 0. The van der Waals surface area contributed by atoms with Gasteiger partial charge in [0.25, 0.3) is 0 Å². The van der Waals surface area contributed by atoms with E-state index in [2.05, 4.69) is 25.8 Å². The maximum absolute atomic E-state index is 11.5. The van der Waals surface area contributed by atoms with Crippen molar-refractivity contribution in [3.63, 3.8) is 0 Å². The van der Waals surface area contributed by atoms with E-state index in [1.165, 1.54) is 20.0 Å². The van der Waals surface area contributed by atoms with Crippen molar-refractivity contribution in [1.29, 1.82) is 0 Å². The summed E-state index contributed by atoms with van der Waals surface area (Å²) in [7, 11) is 1.44. The third-order valence-corrected chi connectivity index (χ3v) is 4.02. The largest absolute Gasteiger partial charge is 0.468 e. The van der Waals surface area contributed by atoms with Crippen LogP contribution in [-0.4, -0.2) is 35.5 Å². The van der Waals surface area contributed by atoms with E-state index in [-0.39, 0.29) is 5.97 Å². The lowest BCUT2D eigenvalue weighted by Gasteiger charge is -2.27. The van der Waals surface area contributed by atoms with Crippen molar-refractivity contribution < 1.29 is 9.53 Å². The van der Waals surface area contributed by atoms with Crippen molar-refractivity contribution >= 4 is 21.9 Å². The van der Waals surface area contributed by atoms with Gasteiger partial charge in [0, 0.05) is 23.3 Å². The Morgan fingerprint density at radius 3 is 2.79 bits per heavy atom. The normalized spacial score (nSPS) is 15.9. The maximum Gasteiger partial charge on any atom is 0.319 e. The topological polar surface area (TPSA) is 42.4 Å². The SMILES string of the molecule is COC(=O)CN(Cc1ccc(Br)cn1)C1CCCC1. The molecule has 0 radical (unpaired) electrons. The summed E-state index contributed by atoms with van der Waals surface area (Å²) in [6.45, 7) is 1.05. The highest BCUT2D eigenvalue weighted by Gasteiger charge is 2.25. The van der Waals surface area contributed by atoms with Crippen molar-refractivity contribution in [2.24, 2.45) is 0 Å². The molecule has 1 saturated carbocycles. The summed E-state index contributed by atoms with van der Waals surface area (Å²) >= 11 is 3.38. The van der Waals surface area contributed by atoms with E-state index < -0.39 is 0 Å². The highest BCUT2D eigenvalue weighted by atomic mass is 79.9. The predicted octanol–water partition coefficient (Wildman–Crippen LogP) is 2.76. The predicted molar refractivity (Wildman–Crippen MR) is 76.6 cm³/mol. The van der Waals surface area contributed by atoms with Crippen LogP contribution in [0.1, 0.15) is 31.4 Å². The van der Waals surface area contributed by atoms with Crippen LogP contribution in [0.5, 0.6) is 0 Å². The van der Waals surface area contributed by atoms with Crippen molar-refractivity contribution in [1.82, 2.24) is 9.88 Å². The molecular formula is C14H19BrN2O2. The number of carbonyl (C=O) groups is 1. The Morgan fingerprint density at radius 2 is 2.21 bits per heavy atom. The zero-order valence-corrected chi connectivity index (χ0v) is 12.7. The summed E-state index contributed by atoms with van der Waals surface area (Å²) in [4.78, 5) is 18.1. The monoisotopic (exact) mass is 326 g/mol. The average molecular weight is 327 g/mol. The first-order chi connectivity index (χ1) is 9.19. The first-order valence-electron chi connectivity index (χ1n) is 6.60. The van der Waals surface area contributed by atoms with Gasteiger partial charge in [-0.15, -0.1) is 0 Å². The first-order valence-corrected chi connectivity index (χ1v) is 7.39. The van der Waals surface area contributed by atoms with Crippen LogP contribution in [0.25, 0.3) is 0 Å². The minimum absolute atomic E-state index is 0.177. The summed E-state index contributed by atoms with van der Waals surface area (Å²) < 4.78 is 5.76. The summed E-state index contributed by atoms with van der Waals surface area (Å²) in [6, 6.07) is 4.45. The first kappa shape index (κ1) is 14.5. The van der Waals surface area contributed by atoms with Crippen LogP contribution >= 0.6 is 15.9 Å². The van der Waals surface area contributed by atoms with Gasteiger partial charge in [0.1, 0.15) is 0 Å². The number of pyridine rings is 1. The van der Waals surface area contributed by atoms with Crippen LogP contribution in [0.15, 0.2) is 22.8 Å². The van der Waals surface area contributed by atoms with Crippen LogP contribution in [-0.2, 0) is 16.1 Å². The lowest BCUT2D eigenvalue weighted by atomic mass is 10.2. The second-order valence-electron chi connectivity index (χ2n) is 4.89. The van der Waals surface area contributed by atoms with E-state index in [9.17, 15) is 4.79 Å². The third kappa shape index (κ3) is 4.28. The van der Waals surface area contributed by atoms with Gasteiger partial charge in [-0.1, -0.05) is 12.8 Å². The Bertz CT molecular complexity index is 416. The zero-order chi connectivity index (χ0) is 13.7. The van der Waals surface area contributed by atoms with Gasteiger partial charge in [0.05, 0.1) is 19.3 Å². The summed E-state index contributed by atoms with van der Waals surface area (Å²) in [5.74, 6) is -0.177. The fourth-order valence-corrected chi connectivity index (χ4v) is 2.76.